The summed E-state index contributed by atoms with van der Waals surface area (Å²) in [5.74, 6) is -0.487. The maximum Gasteiger partial charge on any atom is 0.224 e. The number of Topliss-reactive ketones (excluding diaryl/α,β-unsaturated/α-hetero) is 1. The summed E-state index contributed by atoms with van der Waals surface area (Å²) in [4.78, 5) is 27.8. The highest BCUT2D eigenvalue weighted by atomic mass is 16.6. The van der Waals surface area contributed by atoms with E-state index in [4.69, 9.17) is 0 Å². The predicted molar refractivity (Wildman–Crippen MR) is 108 cm³/mol. The molecule has 1 heterocycles. The van der Waals surface area contributed by atoms with Gasteiger partial charge in [0.1, 0.15) is 0 Å². The maximum atomic E-state index is 13.1. The first-order valence-electron chi connectivity index (χ1n) is 9.36. The van der Waals surface area contributed by atoms with E-state index in [1.807, 2.05) is 66.9 Å². The molecule has 3 aromatic carbocycles. The normalized spacial score (nSPS) is 18.4. The van der Waals surface area contributed by atoms with Crippen LogP contribution in [0.2, 0.25) is 0 Å². The molecule has 5 heteroatoms. The maximum absolute atomic E-state index is 13.1. The fraction of sp³-hybridized carbons (Fsp3) is 0.174. The molecule has 0 fully saturated rings. The Labute approximate surface area is 161 Å². The minimum Gasteiger partial charge on any atom is -0.361 e. The molecule has 5 rings (SSSR count). The van der Waals surface area contributed by atoms with Crippen molar-refractivity contribution in [3.63, 3.8) is 0 Å². The van der Waals surface area contributed by atoms with Crippen LogP contribution in [0.15, 0.2) is 66.9 Å². The smallest absolute Gasteiger partial charge is 0.224 e. The molecule has 0 saturated carbocycles. The summed E-state index contributed by atoms with van der Waals surface area (Å²) in [6, 6.07) is 18.5. The van der Waals surface area contributed by atoms with Crippen molar-refractivity contribution in [3.05, 3.63) is 93.7 Å². The predicted octanol–water partition coefficient (Wildman–Crippen LogP) is 4.88. The number of aromatic amines is 1. The molecule has 1 aliphatic carbocycles. The van der Waals surface area contributed by atoms with Crippen molar-refractivity contribution in [2.75, 3.05) is 0 Å². The van der Waals surface area contributed by atoms with Crippen molar-refractivity contribution in [1.29, 1.82) is 0 Å². The van der Waals surface area contributed by atoms with E-state index in [2.05, 4.69) is 4.98 Å². The number of nitrogens with one attached hydrogen (secondary N) is 1. The molecule has 5 nitrogen and oxygen atoms in total. The molecule has 138 valence electrons. The van der Waals surface area contributed by atoms with Gasteiger partial charge in [0, 0.05) is 40.4 Å². The molecule has 2 atom stereocenters. The van der Waals surface area contributed by atoms with E-state index in [0.29, 0.717) is 12.0 Å². The Bertz CT molecular complexity index is 1240. The van der Waals surface area contributed by atoms with E-state index in [1.54, 1.807) is 0 Å². The highest BCUT2D eigenvalue weighted by Gasteiger charge is 2.40. The third-order valence-electron chi connectivity index (χ3n) is 5.86. The van der Waals surface area contributed by atoms with Gasteiger partial charge in [0.25, 0.3) is 0 Å². The van der Waals surface area contributed by atoms with Gasteiger partial charge in [0.15, 0.2) is 5.78 Å². The second-order valence-corrected chi connectivity index (χ2v) is 7.44. The van der Waals surface area contributed by atoms with Crippen LogP contribution in [0.1, 0.15) is 33.8 Å². The van der Waals surface area contributed by atoms with Crippen molar-refractivity contribution in [2.45, 2.75) is 24.8 Å². The van der Waals surface area contributed by atoms with Crippen LogP contribution in [0.3, 0.4) is 0 Å². The van der Waals surface area contributed by atoms with E-state index in [9.17, 15) is 14.9 Å². The van der Waals surface area contributed by atoms with Gasteiger partial charge < -0.3 is 4.98 Å². The number of carbonyl (C=O) groups is 1. The van der Waals surface area contributed by atoms with Crippen molar-refractivity contribution < 1.29 is 9.72 Å². The van der Waals surface area contributed by atoms with Crippen molar-refractivity contribution in [2.24, 2.45) is 0 Å². The lowest BCUT2D eigenvalue weighted by molar-refractivity contribution is -0.526. The summed E-state index contributed by atoms with van der Waals surface area (Å²) >= 11 is 0. The van der Waals surface area contributed by atoms with Crippen LogP contribution in [0.5, 0.6) is 0 Å². The first-order valence-corrected chi connectivity index (χ1v) is 9.36. The molecule has 0 bridgehead atoms. The molecular weight excluding hydrogens is 352 g/mol. The van der Waals surface area contributed by atoms with E-state index < -0.39 is 12.0 Å². The zero-order valence-electron chi connectivity index (χ0n) is 15.1. The number of benzene rings is 3. The Morgan fingerprint density at radius 3 is 2.71 bits per heavy atom. The number of aromatic nitrogens is 1. The number of hydrogen-bond acceptors (Lipinski definition) is 3. The molecule has 0 unspecified atom stereocenters. The van der Waals surface area contributed by atoms with Crippen molar-refractivity contribution in [1.82, 2.24) is 4.98 Å². The molecule has 1 aromatic heterocycles. The number of nitrogens with zero attached hydrogens (tertiary/aromatic N) is 1. The quantitative estimate of drug-likeness (QED) is 0.316. The lowest BCUT2D eigenvalue weighted by atomic mass is 9.77. The van der Waals surface area contributed by atoms with Crippen LogP contribution >= 0.6 is 0 Å². The topological polar surface area (TPSA) is 76.0 Å². The second kappa shape index (κ2) is 6.30. The molecule has 0 aliphatic heterocycles. The summed E-state index contributed by atoms with van der Waals surface area (Å²) < 4.78 is 0. The Morgan fingerprint density at radius 1 is 1.07 bits per heavy atom. The lowest BCUT2D eigenvalue weighted by Gasteiger charge is -2.26. The standard InChI is InChI=1S/C23H18N2O3/c26-22(16-9-8-14-4-1-2-5-15(14)10-16)12-19-18-6-3-7-20-23(18)17(13-24-20)11-21(19)25(27)28/h1-10,13,19,21,24H,11-12H2/t19-,21-/m1/s1. The van der Waals surface area contributed by atoms with Crippen LogP contribution in [0, 0.1) is 10.1 Å². The lowest BCUT2D eigenvalue weighted by Crippen LogP contribution is -2.34. The fourth-order valence-electron chi connectivity index (χ4n) is 4.48. The minimum atomic E-state index is -0.793. The van der Waals surface area contributed by atoms with Crippen LogP contribution in [0.25, 0.3) is 21.7 Å². The van der Waals surface area contributed by atoms with Crippen LogP contribution < -0.4 is 0 Å². The average molecular weight is 370 g/mol. The zero-order chi connectivity index (χ0) is 19.3. The monoisotopic (exact) mass is 370 g/mol. The Hall–Kier alpha value is -3.47. The number of carbonyl (C=O) groups excluding carboxylic acids is 1. The molecule has 0 radical (unpaired) electrons. The first-order chi connectivity index (χ1) is 13.6. The molecule has 4 aromatic rings. The van der Waals surface area contributed by atoms with Gasteiger partial charge in [0.2, 0.25) is 6.04 Å². The van der Waals surface area contributed by atoms with E-state index in [-0.39, 0.29) is 17.1 Å². The molecule has 1 aliphatic rings. The number of nitro groups is 1. The van der Waals surface area contributed by atoms with Gasteiger partial charge in [-0.05, 0) is 34.0 Å². The Morgan fingerprint density at radius 2 is 1.89 bits per heavy atom. The summed E-state index contributed by atoms with van der Waals surface area (Å²) in [6.45, 7) is 0. The van der Waals surface area contributed by atoms with E-state index in [1.165, 1.54) is 0 Å². The fourth-order valence-corrected chi connectivity index (χ4v) is 4.48. The molecular formula is C23H18N2O3. The third kappa shape index (κ3) is 2.59. The van der Waals surface area contributed by atoms with Gasteiger partial charge >= 0.3 is 0 Å². The number of fused-ring (bicyclic) bond motifs is 1. The third-order valence-corrected chi connectivity index (χ3v) is 5.86. The number of ketones is 1. The largest absolute Gasteiger partial charge is 0.361 e. The molecule has 1 N–H and O–H groups in total. The van der Waals surface area contributed by atoms with E-state index >= 15 is 0 Å². The first kappa shape index (κ1) is 16.7. The van der Waals surface area contributed by atoms with Crippen molar-refractivity contribution >= 4 is 27.5 Å². The summed E-state index contributed by atoms with van der Waals surface area (Å²) in [5.41, 5.74) is 3.43. The van der Waals surface area contributed by atoms with Gasteiger partial charge in [-0.15, -0.1) is 0 Å². The molecule has 0 saturated heterocycles. The highest BCUT2D eigenvalue weighted by molar-refractivity contribution is 6.01. The Balaban J connectivity index is 1.54. The SMILES string of the molecule is O=C(C[C@@H]1c2cccc3[nH]cc(c23)C[C@H]1[N+](=O)[O-])c1ccc2ccccc2c1. The summed E-state index contributed by atoms with van der Waals surface area (Å²) in [7, 11) is 0. The number of hydrogen-bond donors (Lipinski definition) is 1. The second-order valence-electron chi connectivity index (χ2n) is 7.44. The summed E-state index contributed by atoms with van der Waals surface area (Å²) in [6.07, 6.45) is 2.33. The van der Waals surface area contributed by atoms with E-state index in [0.717, 1.165) is 32.8 Å². The van der Waals surface area contributed by atoms with Gasteiger partial charge in [-0.3, -0.25) is 14.9 Å². The molecule has 28 heavy (non-hydrogen) atoms. The van der Waals surface area contributed by atoms with Gasteiger partial charge in [0.05, 0.1) is 5.92 Å². The van der Waals surface area contributed by atoms with Gasteiger partial charge in [-0.1, -0.05) is 48.5 Å². The highest BCUT2D eigenvalue weighted by Crippen LogP contribution is 2.40. The van der Waals surface area contributed by atoms with Crippen LogP contribution in [-0.4, -0.2) is 21.7 Å². The zero-order valence-corrected chi connectivity index (χ0v) is 15.1. The minimum absolute atomic E-state index is 0.0569. The van der Waals surface area contributed by atoms with Crippen LogP contribution in [0.4, 0.5) is 0 Å². The van der Waals surface area contributed by atoms with Gasteiger partial charge in [-0.2, -0.15) is 0 Å². The van der Waals surface area contributed by atoms with Crippen LogP contribution in [-0.2, 0) is 6.42 Å². The molecule has 0 amide bonds. The Kier molecular flexibility index (Phi) is 3.76. The molecule has 0 spiro atoms. The number of H-pyrrole nitrogens is 1. The summed E-state index contributed by atoms with van der Waals surface area (Å²) in [5, 5.41) is 14.9. The average Bonchev–Trinajstić information content (AvgIpc) is 3.13. The number of rotatable bonds is 4. The van der Waals surface area contributed by atoms with Crippen molar-refractivity contribution in [3.8, 4) is 0 Å². The van der Waals surface area contributed by atoms with Gasteiger partial charge in [-0.25, -0.2) is 0 Å².